The SMILES string of the molecule is CC1c2nnc(-c3nc4cc(Cl)ncc4s3)n2CCN1C(=O)c1ccc(F)cc1. The van der Waals surface area contributed by atoms with Crippen molar-refractivity contribution in [2.24, 2.45) is 0 Å². The first-order valence-corrected chi connectivity index (χ1v) is 10.1. The number of hydrogen-bond acceptors (Lipinski definition) is 6. The lowest BCUT2D eigenvalue weighted by atomic mass is 10.1. The molecule has 146 valence electrons. The minimum atomic E-state index is -0.370. The number of halogens is 2. The van der Waals surface area contributed by atoms with E-state index in [9.17, 15) is 9.18 Å². The summed E-state index contributed by atoms with van der Waals surface area (Å²) in [5.41, 5.74) is 1.21. The Labute approximate surface area is 173 Å². The highest BCUT2D eigenvalue weighted by molar-refractivity contribution is 7.21. The average Bonchev–Trinajstić information content (AvgIpc) is 3.32. The number of thiazole rings is 1. The summed E-state index contributed by atoms with van der Waals surface area (Å²) >= 11 is 7.43. The van der Waals surface area contributed by atoms with E-state index in [4.69, 9.17) is 11.6 Å². The Morgan fingerprint density at radius 2 is 2.03 bits per heavy atom. The summed E-state index contributed by atoms with van der Waals surface area (Å²) in [5.74, 6) is 0.828. The van der Waals surface area contributed by atoms with Gasteiger partial charge in [0.1, 0.15) is 11.0 Å². The number of carbonyl (C=O) groups is 1. The second-order valence-corrected chi connectivity index (χ2v) is 8.13. The van der Waals surface area contributed by atoms with E-state index in [-0.39, 0.29) is 17.8 Å². The maximum atomic E-state index is 13.2. The zero-order chi connectivity index (χ0) is 20.1. The maximum absolute atomic E-state index is 13.2. The minimum Gasteiger partial charge on any atom is -0.327 e. The number of aromatic nitrogens is 5. The third-order valence-electron chi connectivity index (χ3n) is 4.97. The normalized spacial score (nSPS) is 16.2. The van der Waals surface area contributed by atoms with Crippen molar-refractivity contribution in [2.45, 2.75) is 19.5 Å². The van der Waals surface area contributed by atoms with Gasteiger partial charge in [0.05, 0.1) is 16.3 Å². The van der Waals surface area contributed by atoms with E-state index in [1.54, 1.807) is 17.2 Å². The Balaban J connectivity index is 1.47. The predicted octanol–water partition coefficient (Wildman–Crippen LogP) is 3.96. The molecule has 0 N–H and O–H groups in total. The molecule has 29 heavy (non-hydrogen) atoms. The number of benzene rings is 1. The first kappa shape index (κ1) is 18.1. The van der Waals surface area contributed by atoms with Crippen LogP contribution in [0, 0.1) is 5.82 Å². The number of pyridine rings is 1. The average molecular weight is 429 g/mol. The smallest absolute Gasteiger partial charge is 0.254 e. The molecule has 1 aliphatic heterocycles. The van der Waals surface area contributed by atoms with Gasteiger partial charge in [-0.2, -0.15) is 0 Å². The Morgan fingerprint density at radius 3 is 2.83 bits per heavy atom. The van der Waals surface area contributed by atoms with Crippen LogP contribution in [0.2, 0.25) is 5.15 Å². The van der Waals surface area contributed by atoms with Gasteiger partial charge in [-0.25, -0.2) is 14.4 Å². The molecule has 0 saturated carbocycles. The molecule has 0 fully saturated rings. The topological polar surface area (TPSA) is 76.8 Å². The van der Waals surface area contributed by atoms with Gasteiger partial charge in [-0.1, -0.05) is 11.6 Å². The highest BCUT2D eigenvalue weighted by atomic mass is 35.5. The summed E-state index contributed by atoms with van der Waals surface area (Å²) < 4.78 is 16.1. The fourth-order valence-corrected chi connectivity index (χ4v) is 4.55. The standard InChI is InChI=1S/C19H14ClFN6OS/c1-10-16-24-25-17(18-23-13-8-15(20)22-9-14(13)29-18)27(16)7-6-26(10)19(28)11-2-4-12(21)5-3-11/h2-5,8-10H,6-7H2,1H3. The lowest BCUT2D eigenvalue weighted by Crippen LogP contribution is -2.41. The molecular formula is C19H14ClFN6OS. The van der Waals surface area contributed by atoms with Crippen molar-refractivity contribution in [3.8, 4) is 10.8 Å². The molecule has 4 heterocycles. The Bertz CT molecular complexity index is 1240. The number of fused-ring (bicyclic) bond motifs is 2. The number of carbonyl (C=O) groups excluding carboxylic acids is 1. The van der Waals surface area contributed by atoms with E-state index in [1.807, 2.05) is 11.5 Å². The van der Waals surface area contributed by atoms with Crippen LogP contribution >= 0.6 is 22.9 Å². The quantitative estimate of drug-likeness (QED) is 0.452. The second kappa shape index (κ2) is 6.85. The monoisotopic (exact) mass is 428 g/mol. The third kappa shape index (κ3) is 3.06. The van der Waals surface area contributed by atoms with E-state index in [0.29, 0.717) is 35.5 Å². The molecule has 1 unspecified atom stereocenters. The molecule has 4 aromatic rings. The summed E-state index contributed by atoms with van der Waals surface area (Å²) in [6, 6.07) is 7.02. The van der Waals surface area contributed by atoms with Crippen LogP contribution in [0.1, 0.15) is 29.1 Å². The Hall–Kier alpha value is -2.91. The van der Waals surface area contributed by atoms with Crippen LogP contribution in [-0.2, 0) is 6.54 Å². The van der Waals surface area contributed by atoms with Crippen molar-refractivity contribution in [3.63, 3.8) is 0 Å². The van der Waals surface area contributed by atoms with Crippen molar-refractivity contribution < 1.29 is 9.18 Å². The molecule has 10 heteroatoms. The van der Waals surface area contributed by atoms with Crippen molar-refractivity contribution >= 4 is 39.1 Å². The number of amides is 1. The first-order chi connectivity index (χ1) is 14.0. The van der Waals surface area contributed by atoms with Crippen molar-refractivity contribution in [1.82, 2.24) is 29.6 Å². The fraction of sp³-hybridized carbons (Fsp3) is 0.211. The van der Waals surface area contributed by atoms with Crippen LogP contribution in [0.4, 0.5) is 4.39 Å². The first-order valence-electron chi connectivity index (χ1n) is 8.93. The molecule has 1 atom stereocenters. The largest absolute Gasteiger partial charge is 0.327 e. The summed E-state index contributed by atoms with van der Waals surface area (Å²) in [7, 11) is 0. The maximum Gasteiger partial charge on any atom is 0.254 e. The van der Waals surface area contributed by atoms with E-state index in [0.717, 1.165) is 15.2 Å². The zero-order valence-electron chi connectivity index (χ0n) is 15.2. The van der Waals surface area contributed by atoms with Crippen LogP contribution in [0.15, 0.2) is 36.5 Å². The molecule has 0 aliphatic carbocycles. The van der Waals surface area contributed by atoms with Crippen LogP contribution in [0.25, 0.3) is 21.0 Å². The number of hydrogen-bond donors (Lipinski definition) is 0. The Morgan fingerprint density at radius 1 is 1.24 bits per heavy atom. The molecule has 1 aromatic carbocycles. The van der Waals surface area contributed by atoms with Gasteiger partial charge in [0, 0.05) is 30.9 Å². The molecule has 3 aromatic heterocycles. The molecule has 0 saturated heterocycles. The minimum absolute atomic E-state index is 0.158. The predicted molar refractivity (Wildman–Crippen MR) is 107 cm³/mol. The van der Waals surface area contributed by atoms with Crippen LogP contribution in [0.3, 0.4) is 0 Å². The highest BCUT2D eigenvalue weighted by Crippen LogP contribution is 2.33. The number of rotatable bonds is 2. The van der Waals surface area contributed by atoms with Gasteiger partial charge in [0.25, 0.3) is 5.91 Å². The van der Waals surface area contributed by atoms with Crippen LogP contribution in [0.5, 0.6) is 0 Å². The van der Waals surface area contributed by atoms with Crippen LogP contribution in [-0.4, -0.2) is 42.1 Å². The molecule has 0 radical (unpaired) electrons. The van der Waals surface area contributed by atoms with Gasteiger partial charge in [-0.15, -0.1) is 21.5 Å². The summed E-state index contributed by atoms with van der Waals surface area (Å²) in [6.07, 6.45) is 1.69. The van der Waals surface area contributed by atoms with Crippen molar-refractivity contribution in [3.05, 3.63) is 58.9 Å². The van der Waals surface area contributed by atoms with Gasteiger partial charge in [-0.3, -0.25) is 4.79 Å². The van der Waals surface area contributed by atoms with Crippen LogP contribution < -0.4 is 0 Å². The highest BCUT2D eigenvalue weighted by Gasteiger charge is 2.32. The molecule has 1 amide bonds. The van der Waals surface area contributed by atoms with Gasteiger partial charge < -0.3 is 9.47 Å². The number of nitrogens with zero attached hydrogens (tertiary/aromatic N) is 6. The van der Waals surface area contributed by atoms with Gasteiger partial charge in [-0.05, 0) is 31.2 Å². The fourth-order valence-electron chi connectivity index (χ4n) is 3.48. The molecule has 0 bridgehead atoms. The molecule has 5 rings (SSSR count). The third-order valence-corrected chi connectivity index (χ3v) is 6.18. The lowest BCUT2D eigenvalue weighted by molar-refractivity contribution is 0.0638. The summed E-state index contributed by atoms with van der Waals surface area (Å²) in [5, 5.41) is 9.78. The molecule has 1 aliphatic rings. The van der Waals surface area contributed by atoms with E-state index >= 15 is 0 Å². The molecular weight excluding hydrogens is 415 g/mol. The molecule has 7 nitrogen and oxygen atoms in total. The van der Waals surface area contributed by atoms with Gasteiger partial charge >= 0.3 is 0 Å². The van der Waals surface area contributed by atoms with E-state index < -0.39 is 0 Å². The van der Waals surface area contributed by atoms with E-state index in [1.165, 1.54) is 35.6 Å². The second-order valence-electron chi connectivity index (χ2n) is 6.71. The summed E-state index contributed by atoms with van der Waals surface area (Å²) in [6.45, 7) is 2.95. The zero-order valence-corrected chi connectivity index (χ0v) is 16.8. The van der Waals surface area contributed by atoms with Crippen molar-refractivity contribution in [2.75, 3.05) is 6.54 Å². The van der Waals surface area contributed by atoms with E-state index in [2.05, 4.69) is 20.2 Å². The summed E-state index contributed by atoms with van der Waals surface area (Å²) in [4.78, 5) is 23.3. The molecule has 0 spiro atoms. The Kier molecular flexibility index (Phi) is 4.29. The van der Waals surface area contributed by atoms with Gasteiger partial charge in [0.15, 0.2) is 16.7 Å². The van der Waals surface area contributed by atoms with Gasteiger partial charge in [0.2, 0.25) is 0 Å². The van der Waals surface area contributed by atoms with Crippen molar-refractivity contribution in [1.29, 1.82) is 0 Å². The lowest BCUT2D eigenvalue weighted by Gasteiger charge is -2.33.